The maximum atomic E-state index is 12.0. The van der Waals surface area contributed by atoms with Gasteiger partial charge in [0, 0.05) is 18.5 Å². The molecule has 3 rings (SSSR count). The highest BCUT2D eigenvalue weighted by Crippen LogP contribution is 2.27. The second-order valence-corrected chi connectivity index (χ2v) is 7.77. The summed E-state index contributed by atoms with van der Waals surface area (Å²) >= 11 is 0. The van der Waals surface area contributed by atoms with E-state index >= 15 is 0 Å². The normalized spacial score (nSPS) is 21.4. The van der Waals surface area contributed by atoms with Crippen molar-refractivity contribution in [3.8, 4) is 0 Å². The Morgan fingerprint density at radius 3 is 2.79 bits per heavy atom. The molecule has 0 bridgehead atoms. The Balaban J connectivity index is 1.74. The quantitative estimate of drug-likeness (QED) is 0.601. The summed E-state index contributed by atoms with van der Waals surface area (Å²) in [4.78, 5) is 25.2. The highest BCUT2D eigenvalue weighted by atomic mass is 32.2. The zero-order valence-corrected chi connectivity index (χ0v) is 14.2. The van der Waals surface area contributed by atoms with Crippen LogP contribution in [0.3, 0.4) is 0 Å². The molecule has 24 heavy (non-hydrogen) atoms. The predicted molar refractivity (Wildman–Crippen MR) is 86.5 cm³/mol. The number of carbonyl (C=O) groups is 2. The molecule has 1 aliphatic carbocycles. The monoisotopic (exact) mass is 353 g/mol. The van der Waals surface area contributed by atoms with Crippen molar-refractivity contribution in [2.24, 2.45) is 0 Å². The van der Waals surface area contributed by atoms with Crippen molar-refractivity contribution in [2.45, 2.75) is 31.8 Å². The summed E-state index contributed by atoms with van der Waals surface area (Å²) in [7, 11) is -3.57. The first-order valence-corrected chi connectivity index (χ1v) is 9.59. The molecule has 8 heteroatoms. The molecule has 0 spiro atoms. The molecule has 1 fully saturated rings. The Kier molecular flexibility index (Phi) is 4.60. The van der Waals surface area contributed by atoms with Gasteiger partial charge in [0.2, 0.25) is 0 Å². The van der Waals surface area contributed by atoms with Crippen molar-refractivity contribution in [3.63, 3.8) is 0 Å². The lowest BCUT2D eigenvalue weighted by Crippen LogP contribution is -2.26. The third-order valence-corrected chi connectivity index (χ3v) is 4.70. The van der Waals surface area contributed by atoms with Crippen molar-refractivity contribution in [3.05, 3.63) is 29.3 Å². The van der Waals surface area contributed by atoms with Gasteiger partial charge in [0.1, 0.15) is 18.5 Å². The van der Waals surface area contributed by atoms with E-state index in [1.54, 1.807) is 6.07 Å². The van der Waals surface area contributed by atoms with Gasteiger partial charge in [-0.15, -0.1) is 0 Å². The maximum absolute atomic E-state index is 12.0. The average molecular weight is 353 g/mol. The van der Waals surface area contributed by atoms with Gasteiger partial charge in [0.15, 0.2) is 0 Å². The van der Waals surface area contributed by atoms with Gasteiger partial charge in [-0.05, 0) is 36.1 Å². The van der Waals surface area contributed by atoms with Gasteiger partial charge in [-0.1, -0.05) is 6.07 Å². The molecular formula is C16H19NO6S. The summed E-state index contributed by atoms with van der Waals surface area (Å²) in [6.45, 7) is 0.0343. The first-order chi connectivity index (χ1) is 11.3. The van der Waals surface area contributed by atoms with Gasteiger partial charge in [0.05, 0.1) is 12.8 Å². The molecule has 1 aromatic carbocycles. The Morgan fingerprint density at radius 2 is 2.04 bits per heavy atom. The number of hydrogen-bond acceptors (Lipinski definition) is 6. The number of carbonyl (C=O) groups excluding carboxylic acids is 2. The first-order valence-electron chi connectivity index (χ1n) is 7.78. The second-order valence-electron chi connectivity index (χ2n) is 6.13. The van der Waals surface area contributed by atoms with Gasteiger partial charge in [0.25, 0.3) is 10.1 Å². The Labute approximate surface area is 140 Å². The third kappa shape index (κ3) is 3.93. The van der Waals surface area contributed by atoms with Crippen LogP contribution in [-0.4, -0.2) is 45.8 Å². The minimum absolute atomic E-state index is 0.194. The molecule has 0 aromatic heterocycles. The zero-order valence-electron chi connectivity index (χ0n) is 13.4. The number of hydrogen-bond donors (Lipinski definition) is 0. The van der Waals surface area contributed by atoms with E-state index in [9.17, 15) is 18.0 Å². The minimum atomic E-state index is -3.57. The molecule has 0 unspecified atom stereocenters. The molecule has 7 nitrogen and oxygen atoms in total. The SMILES string of the molecule is CS(=O)(=O)OC[C@H]1CN(c2ccc3c(c2)CCCC(=O)C3)C(=O)O1. The van der Waals surface area contributed by atoms with E-state index in [1.165, 1.54) is 4.90 Å². The van der Waals surface area contributed by atoms with E-state index < -0.39 is 22.3 Å². The lowest BCUT2D eigenvalue weighted by Gasteiger charge is -2.15. The molecule has 0 radical (unpaired) electrons. The summed E-state index contributed by atoms with van der Waals surface area (Å²) in [5.41, 5.74) is 2.77. The molecule has 130 valence electrons. The van der Waals surface area contributed by atoms with Gasteiger partial charge >= 0.3 is 6.09 Å². The van der Waals surface area contributed by atoms with Crippen LogP contribution >= 0.6 is 0 Å². The number of Topliss-reactive ketones (excluding diaryl/α,β-unsaturated/α-hetero) is 1. The minimum Gasteiger partial charge on any atom is -0.441 e. The van der Waals surface area contributed by atoms with E-state index in [4.69, 9.17) is 8.92 Å². The van der Waals surface area contributed by atoms with Crippen LogP contribution in [0.2, 0.25) is 0 Å². The van der Waals surface area contributed by atoms with Crippen molar-refractivity contribution in [2.75, 3.05) is 24.3 Å². The first kappa shape index (κ1) is 16.9. The number of anilines is 1. The van der Waals surface area contributed by atoms with Gasteiger partial charge in [-0.3, -0.25) is 13.9 Å². The number of amides is 1. The molecule has 0 N–H and O–H groups in total. The largest absolute Gasteiger partial charge is 0.441 e. The fourth-order valence-corrected chi connectivity index (χ4v) is 3.38. The van der Waals surface area contributed by atoms with E-state index in [2.05, 4.69) is 0 Å². The number of cyclic esters (lactones) is 1. The Bertz CT molecular complexity index is 773. The topological polar surface area (TPSA) is 90.0 Å². The molecule has 1 saturated heterocycles. The highest BCUT2D eigenvalue weighted by Gasteiger charge is 2.33. The number of nitrogens with zero attached hydrogens (tertiary/aromatic N) is 1. The van der Waals surface area contributed by atoms with Crippen LogP contribution in [0.4, 0.5) is 10.5 Å². The Hall–Kier alpha value is -1.93. The lowest BCUT2D eigenvalue weighted by molar-refractivity contribution is -0.118. The van der Waals surface area contributed by atoms with Crippen molar-refractivity contribution in [1.29, 1.82) is 0 Å². The predicted octanol–water partition coefficient (Wildman–Crippen LogP) is 1.44. The number of benzene rings is 1. The molecule has 1 aromatic rings. The summed E-state index contributed by atoms with van der Waals surface area (Å²) in [6.07, 6.45) is 2.43. The van der Waals surface area contributed by atoms with E-state index in [0.717, 1.165) is 30.2 Å². The van der Waals surface area contributed by atoms with Crippen molar-refractivity contribution in [1.82, 2.24) is 0 Å². The summed E-state index contributed by atoms with van der Waals surface area (Å²) < 4.78 is 31.9. The van der Waals surface area contributed by atoms with Crippen LogP contribution in [0.1, 0.15) is 24.0 Å². The van der Waals surface area contributed by atoms with E-state index in [1.807, 2.05) is 12.1 Å². The second kappa shape index (κ2) is 6.52. The van der Waals surface area contributed by atoms with Crippen LogP contribution in [0, 0.1) is 0 Å². The van der Waals surface area contributed by atoms with Crippen LogP contribution in [0.5, 0.6) is 0 Å². The van der Waals surface area contributed by atoms with Gasteiger partial charge in [-0.2, -0.15) is 8.42 Å². The van der Waals surface area contributed by atoms with Crippen LogP contribution in [-0.2, 0) is 36.7 Å². The van der Waals surface area contributed by atoms with Crippen molar-refractivity contribution >= 4 is 27.7 Å². The number of rotatable bonds is 4. The van der Waals surface area contributed by atoms with Gasteiger partial charge in [-0.25, -0.2) is 4.79 Å². The fraction of sp³-hybridized carbons (Fsp3) is 0.500. The van der Waals surface area contributed by atoms with Crippen LogP contribution in [0.25, 0.3) is 0 Å². The average Bonchev–Trinajstić information content (AvgIpc) is 2.76. The third-order valence-electron chi connectivity index (χ3n) is 4.13. The zero-order chi connectivity index (χ0) is 17.3. The molecule has 1 aliphatic heterocycles. The number of ketones is 1. The standard InChI is InChI=1S/C16H19NO6S/c1-24(20,21)22-10-15-9-17(16(19)23-15)13-6-5-12-8-14(18)4-2-3-11(12)7-13/h5-7,15H,2-4,8-10H2,1H3/t15-/m1/s1. The van der Waals surface area contributed by atoms with Crippen molar-refractivity contribution < 1.29 is 26.9 Å². The van der Waals surface area contributed by atoms with Gasteiger partial charge < -0.3 is 4.74 Å². The maximum Gasteiger partial charge on any atom is 0.414 e. The van der Waals surface area contributed by atoms with E-state index in [0.29, 0.717) is 18.5 Å². The summed E-state index contributed by atoms with van der Waals surface area (Å²) in [5, 5.41) is 0. The van der Waals surface area contributed by atoms with Crippen LogP contribution in [0.15, 0.2) is 18.2 Å². The molecule has 1 atom stereocenters. The highest BCUT2D eigenvalue weighted by molar-refractivity contribution is 7.85. The molecular weight excluding hydrogens is 334 g/mol. The smallest absolute Gasteiger partial charge is 0.414 e. The fourth-order valence-electron chi connectivity index (χ4n) is 2.98. The molecule has 2 aliphatic rings. The summed E-state index contributed by atoms with van der Waals surface area (Å²) in [5.74, 6) is 0.236. The number of fused-ring (bicyclic) bond motifs is 1. The number of ether oxygens (including phenoxy) is 1. The molecule has 0 saturated carbocycles. The number of aryl methyl sites for hydroxylation is 1. The molecule has 1 amide bonds. The van der Waals surface area contributed by atoms with E-state index in [-0.39, 0.29) is 18.9 Å². The lowest BCUT2D eigenvalue weighted by atomic mass is 10.0. The summed E-state index contributed by atoms with van der Waals surface area (Å²) in [6, 6.07) is 5.58. The molecule has 1 heterocycles. The van der Waals surface area contributed by atoms with Crippen LogP contribution < -0.4 is 4.90 Å². The Morgan fingerprint density at radius 1 is 1.25 bits per heavy atom.